The second-order valence-electron chi connectivity index (χ2n) is 9.40. The van der Waals surface area contributed by atoms with Gasteiger partial charge in [-0.1, -0.05) is 15.9 Å². The topological polar surface area (TPSA) is 133 Å². The van der Waals surface area contributed by atoms with Gasteiger partial charge >= 0.3 is 5.69 Å². The molecule has 2 aliphatic carbocycles. The standard InChI is InChI=1S/C27H24BrN3O7/c1-2-29-18-5-3-7-21(32)26(18)25(27-19(29)6-4-8-22(27)33)17-13-15(28)9-11-23(17)38-24-12-10-16(30(34)35)14-20(24)31(36)37/h9-14,25H,2-8H2,1H3. The summed E-state index contributed by atoms with van der Waals surface area (Å²) in [5.41, 5.74) is 2.55. The van der Waals surface area contributed by atoms with E-state index in [1.807, 2.05) is 6.92 Å². The van der Waals surface area contributed by atoms with Gasteiger partial charge in [0.1, 0.15) is 5.75 Å². The number of carbonyl (C=O) groups is 2. The lowest BCUT2D eigenvalue weighted by Gasteiger charge is -2.43. The van der Waals surface area contributed by atoms with Gasteiger partial charge in [-0.05, 0) is 56.9 Å². The molecule has 0 bridgehead atoms. The molecule has 0 radical (unpaired) electrons. The first-order chi connectivity index (χ1) is 18.2. The number of halogens is 1. The van der Waals surface area contributed by atoms with Gasteiger partial charge in [0, 0.05) is 63.9 Å². The third kappa shape index (κ3) is 4.40. The van der Waals surface area contributed by atoms with Crippen molar-refractivity contribution in [3.05, 3.63) is 89.2 Å². The Balaban J connectivity index is 1.71. The molecule has 0 saturated carbocycles. The second kappa shape index (κ2) is 10.1. The number of rotatable bonds is 6. The first kappa shape index (κ1) is 25.8. The van der Waals surface area contributed by atoms with Crippen LogP contribution in [0.15, 0.2) is 63.4 Å². The molecule has 1 aliphatic heterocycles. The van der Waals surface area contributed by atoms with Crippen LogP contribution in [-0.2, 0) is 9.59 Å². The van der Waals surface area contributed by atoms with Crippen molar-refractivity contribution in [3.63, 3.8) is 0 Å². The van der Waals surface area contributed by atoms with E-state index in [0.29, 0.717) is 53.4 Å². The summed E-state index contributed by atoms with van der Waals surface area (Å²) in [5.74, 6) is -0.661. The van der Waals surface area contributed by atoms with Gasteiger partial charge in [0.05, 0.1) is 15.9 Å². The van der Waals surface area contributed by atoms with Gasteiger partial charge in [0.2, 0.25) is 5.75 Å². The number of benzene rings is 2. The number of carbonyl (C=O) groups excluding carboxylic acids is 2. The van der Waals surface area contributed by atoms with Gasteiger partial charge in [0.15, 0.2) is 11.6 Å². The Hall–Kier alpha value is -3.86. The molecular weight excluding hydrogens is 558 g/mol. The van der Waals surface area contributed by atoms with Gasteiger partial charge in [-0.25, -0.2) is 0 Å². The monoisotopic (exact) mass is 581 g/mol. The average Bonchev–Trinajstić information content (AvgIpc) is 2.89. The number of ether oxygens (including phenoxy) is 1. The second-order valence-corrected chi connectivity index (χ2v) is 10.3. The van der Waals surface area contributed by atoms with Crippen molar-refractivity contribution in [1.29, 1.82) is 0 Å². The van der Waals surface area contributed by atoms with Crippen LogP contribution in [0.25, 0.3) is 0 Å². The maximum Gasteiger partial charge on any atom is 0.318 e. The first-order valence-corrected chi connectivity index (χ1v) is 13.2. The molecule has 0 saturated heterocycles. The van der Waals surface area contributed by atoms with Gasteiger partial charge in [0.25, 0.3) is 5.69 Å². The summed E-state index contributed by atoms with van der Waals surface area (Å²) >= 11 is 3.49. The molecule has 5 rings (SSSR count). The van der Waals surface area contributed by atoms with Gasteiger partial charge in [-0.2, -0.15) is 0 Å². The van der Waals surface area contributed by atoms with E-state index in [-0.39, 0.29) is 23.1 Å². The molecule has 2 aromatic rings. The van der Waals surface area contributed by atoms with E-state index in [0.717, 1.165) is 36.4 Å². The summed E-state index contributed by atoms with van der Waals surface area (Å²) < 4.78 is 6.75. The van der Waals surface area contributed by atoms with Crippen LogP contribution in [0.2, 0.25) is 0 Å². The number of nitrogens with zero attached hydrogens (tertiary/aromatic N) is 3. The van der Waals surface area contributed by atoms with Crippen molar-refractivity contribution in [2.24, 2.45) is 0 Å². The third-order valence-corrected chi connectivity index (χ3v) is 7.75. The zero-order chi connectivity index (χ0) is 27.1. The quantitative estimate of drug-likeness (QED) is 0.279. The van der Waals surface area contributed by atoms with E-state index in [9.17, 15) is 29.8 Å². The Morgan fingerprint density at radius 3 is 2.05 bits per heavy atom. The summed E-state index contributed by atoms with van der Waals surface area (Å²) in [6.07, 6.45) is 3.65. The predicted octanol–water partition coefficient (Wildman–Crippen LogP) is 6.49. The van der Waals surface area contributed by atoms with Crippen molar-refractivity contribution in [2.75, 3.05) is 6.54 Å². The van der Waals surface area contributed by atoms with Crippen LogP contribution in [0.3, 0.4) is 0 Å². The molecule has 196 valence electrons. The fourth-order valence-electron chi connectivity index (χ4n) is 5.71. The molecule has 0 atom stereocenters. The van der Waals surface area contributed by atoms with Crippen LogP contribution in [0.1, 0.15) is 56.9 Å². The van der Waals surface area contributed by atoms with Crippen LogP contribution in [0.5, 0.6) is 11.5 Å². The van der Waals surface area contributed by atoms with Gasteiger partial charge in [-0.15, -0.1) is 0 Å². The summed E-state index contributed by atoms with van der Waals surface area (Å²) in [6.45, 7) is 2.65. The largest absolute Gasteiger partial charge is 0.450 e. The number of allylic oxidation sites excluding steroid dienone is 4. The van der Waals surface area contributed by atoms with Crippen molar-refractivity contribution in [2.45, 2.75) is 51.4 Å². The van der Waals surface area contributed by atoms with Crippen LogP contribution in [0, 0.1) is 20.2 Å². The zero-order valence-electron chi connectivity index (χ0n) is 20.6. The lowest BCUT2D eigenvalue weighted by Crippen LogP contribution is -2.39. The van der Waals surface area contributed by atoms with E-state index in [2.05, 4.69) is 20.8 Å². The lowest BCUT2D eigenvalue weighted by molar-refractivity contribution is -0.394. The van der Waals surface area contributed by atoms with Crippen LogP contribution in [0.4, 0.5) is 11.4 Å². The molecule has 3 aliphatic rings. The maximum atomic E-state index is 13.4. The average molecular weight is 582 g/mol. The van der Waals surface area contributed by atoms with E-state index < -0.39 is 27.1 Å². The number of hydrogen-bond donors (Lipinski definition) is 0. The van der Waals surface area contributed by atoms with Crippen LogP contribution < -0.4 is 4.74 Å². The molecule has 11 heteroatoms. The van der Waals surface area contributed by atoms with Crippen molar-refractivity contribution >= 4 is 38.9 Å². The number of nitro benzene ring substituents is 2. The van der Waals surface area contributed by atoms with Gasteiger partial charge < -0.3 is 9.64 Å². The normalized spacial score (nSPS) is 17.9. The maximum absolute atomic E-state index is 13.4. The highest BCUT2D eigenvalue weighted by molar-refractivity contribution is 9.10. The first-order valence-electron chi connectivity index (χ1n) is 12.4. The molecule has 10 nitrogen and oxygen atoms in total. The molecular formula is C27H24BrN3O7. The zero-order valence-corrected chi connectivity index (χ0v) is 22.2. The minimum Gasteiger partial charge on any atom is -0.450 e. The molecule has 1 heterocycles. The van der Waals surface area contributed by atoms with Gasteiger partial charge in [-0.3, -0.25) is 29.8 Å². The molecule has 0 fully saturated rings. The fraction of sp³-hybridized carbons (Fsp3) is 0.333. The van der Waals surface area contributed by atoms with E-state index >= 15 is 0 Å². The summed E-state index contributed by atoms with van der Waals surface area (Å²) in [5, 5.41) is 22.9. The molecule has 0 spiro atoms. The molecule has 0 unspecified atom stereocenters. The number of non-ortho nitro benzene ring substituents is 1. The van der Waals surface area contributed by atoms with E-state index in [4.69, 9.17) is 4.74 Å². The molecule has 0 N–H and O–H groups in total. The highest BCUT2D eigenvalue weighted by Crippen LogP contribution is 2.51. The smallest absolute Gasteiger partial charge is 0.318 e. The lowest BCUT2D eigenvalue weighted by atomic mass is 9.70. The Labute approximate surface area is 226 Å². The number of Topliss-reactive ketones (excluding diaryl/α,β-unsaturated/α-hetero) is 2. The van der Waals surface area contributed by atoms with Crippen molar-refractivity contribution in [3.8, 4) is 11.5 Å². The Morgan fingerprint density at radius 1 is 0.895 bits per heavy atom. The molecule has 38 heavy (non-hydrogen) atoms. The van der Waals surface area contributed by atoms with E-state index in [1.54, 1.807) is 18.2 Å². The highest BCUT2D eigenvalue weighted by Gasteiger charge is 2.44. The van der Waals surface area contributed by atoms with Crippen LogP contribution >= 0.6 is 15.9 Å². The molecule has 2 aromatic carbocycles. The van der Waals surface area contributed by atoms with Crippen molar-refractivity contribution in [1.82, 2.24) is 4.90 Å². The molecule has 0 aromatic heterocycles. The SMILES string of the molecule is CCN1C2=C(C(=O)CCC2)C(c2cc(Br)ccc2Oc2ccc([N+](=O)[O-])cc2[N+](=O)[O-])C2=C1CCCC2=O. The summed E-state index contributed by atoms with van der Waals surface area (Å²) in [4.78, 5) is 50.5. The third-order valence-electron chi connectivity index (χ3n) is 7.26. The Morgan fingerprint density at radius 2 is 1.50 bits per heavy atom. The Bertz CT molecular complexity index is 1420. The Kier molecular flexibility index (Phi) is 6.87. The molecule has 0 amide bonds. The van der Waals surface area contributed by atoms with Crippen LogP contribution in [-0.4, -0.2) is 32.9 Å². The number of hydrogen-bond acceptors (Lipinski definition) is 8. The fourth-order valence-corrected chi connectivity index (χ4v) is 6.09. The number of nitro groups is 2. The van der Waals surface area contributed by atoms with Crippen molar-refractivity contribution < 1.29 is 24.2 Å². The minimum atomic E-state index is -0.739. The number of ketones is 2. The van der Waals surface area contributed by atoms with E-state index in [1.165, 1.54) is 6.07 Å². The minimum absolute atomic E-state index is 0.0214. The summed E-state index contributed by atoms with van der Waals surface area (Å²) in [7, 11) is 0. The highest BCUT2D eigenvalue weighted by atomic mass is 79.9. The predicted molar refractivity (Wildman–Crippen MR) is 141 cm³/mol. The summed E-state index contributed by atoms with van der Waals surface area (Å²) in [6, 6.07) is 8.28.